The van der Waals surface area contributed by atoms with Gasteiger partial charge in [0.2, 0.25) is 0 Å². The highest BCUT2D eigenvalue weighted by Crippen LogP contribution is 2.33. The molecule has 4 nitrogen and oxygen atoms in total. The maximum atomic E-state index is 12.3. The van der Waals surface area contributed by atoms with Crippen LogP contribution in [0.15, 0.2) is 41.3 Å². The molecule has 0 atom stereocenters. The molecule has 0 saturated heterocycles. The monoisotopic (exact) mass is 366 g/mol. The molecule has 2 rings (SSSR count). The number of methoxy groups -OCH3 is 1. The summed E-state index contributed by atoms with van der Waals surface area (Å²) in [5.74, 6) is 0.0765. The van der Waals surface area contributed by atoms with Crippen LogP contribution in [0.3, 0.4) is 0 Å². The highest BCUT2D eigenvalue weighted by Gasteiger charge is 2.23. The molecule has 112 valence electrons. The van der Waals surface area contributed by atoms with E-state index in [1.807, 2.05) is 0 Å². The minimum absolute atomic E-state index is 0.0388. The lowest BCUT2D eigenvalue weighted by Gasteiger charge is -2.12. The molecule has 0 heterocycles. The van der Waals surface area contributed by atoms with E-state index in [1.54, 1.807) is 0 Å². The lowest BCUT2D eigenvalue weighted by molar-refractivity contribution is 0.398. The van der Waals surface area contributed by atoms with Gasteiger partial charge in [0.15, 0.2) is 5.75 Å². The van der Waals surface area contributed by atoms with Gasteiger partial charge in [-0.2, -0.15) is 8.42 Å². The van der Waals surface area contributed by atoms with Crippen molar-refractivity contribution in [3.05, 3.63) is 51.5 Å². The third-order valence-electron chi connectivity index (χ3n) is 2.49. The summed E-state index contributed by atoms with van der Waals surface area (Å²) >= 11 is 17.5. The second-order valence-corrected chi connectivity index (χ2v) is 6.70. The Labute approximate surface area is 137 Å². The first-order valence-corrected chi connectivity index (χ1v) is 8.11. The molecule has 0 radical (unpaired) electrons. The number of ether oxygens (including phenoxy) is 1. The topological polar surface area (TPSA) is 52.6 Å². The standard InChI is InChI=1S/C13H9Cl3O4S/c1-19-12-5-3-9(15)7-13(12)21(17,18)20-11-4-2-8(14)6-10(11)16/h2-7H,1H3. The summed E-state index contributed by atoms with van der Waals surface area (Å²) in [4.78, 5) is -0.191. The SMILES string of the molecule is COc1ccc(Cl)cc1S(=O)(=O)Oc1ccc(Cl)cc1Cl. The van der Waals surface area contributed by atoms with E-state index in [-0.39, 0.29) is 26.4 Å². The Bertz CT molecular complexity index is 775. The molecule has 0 aliphatic heterocycles. The summed E-state index contributed by atoms with van der Waals surface area (Å²) in [7, 11) is -2.81. The Hall–Kier alpha value is -1.14. The first-order chi connectivity index (χ1) is 9.83. The van der Waals surface area contributed by atoms with Crippen molar-refractivity contribution in [2.45, 2.75) is 4.90 Å². The van der Waals surface area contributed by atoms with Gasteiger partial charge in [0.05, 0.1) is 12.1 Å². The van der Waals surface area contributed by atoms with Crippen LogP contribution in [-0.4, -0.2) is 15.5 Å². The average molecular weight is 368 g/mol. The van der Waals surface area contributed by atoms with E-state index in [4.69, 9.17) is 43.7 Å². The molecule has 0 aliphatic rings. The van der Waals surface area contributed by atoms with Crippen molar-refractivity contribution in [1.29, 1.82) is 0 Å². The molecule has 0 unspecified atom stereocenters. The van der Waals surface area contributed by atoms with Crippen LogP contribution in [0.1, 0.15) is 0 Å². The van der Waals surface area contributed by atoms with E-state index in [1.165, 1.54) is 43.5 Å². The molecular weight excluding hydrogens is 359 g/mol. The van der Waals surface area contributed by atoms with Crippen molar-refractivity contribution < 1.29 is 17.3 Å². The Morgan fingerprint density at radius 1 is 0.905 bits per heavy atom. The minimum atomic E-state index is -4.15. The molecule has 2 aromatic carbocycles. The molecule has 0 amide bonds. The molecule has 21 heavy (non-hydrogen) atoms. The number of hydrogen-bond acceptors (Lipinski definition) is 4. The Morgan fingerprint density at radius 2 is 1.48 bits per heavy atom. The molecule has 0 saturated carbocycles. The molecule has 0 fully saturated rings. The second-order valence-electron chi connectivity index (χ2n) is 3.91. The smallest absolute Gasteiger partial charge is 0.343 e. The molecule has 0 N–H and O–H groups in total. The van der Waals surface area contributed by atoms with Crippen LogP contribution in [0.4, 0.5) is 0 Å². The molecule has 8 heteroatoms. The molecular formula is C13H9Cl3O4S. The third kappa shape index (κ3) is 3.74. The summed E-state index contributed by atoms with van der Waals surface area (Å²) in [5, 5.41) is 0.678. The maximum Gasteiger partial charge on any atom is 0.343 e. The summed E-state index contributed by atoms with van der Waals surface area (Å²) in [6.07, 6.45) is 0. The van der Waals surface area contributed by atoms with Crippen molar-refractivity contribution in [2.75, 3.05) is 7.11 Å². The first kappa shape index (κ1) is 16.2. The van der Waals surface area contributed by atoms with Crippen LogP contribution in [0.25, 0.3) is 0 Å². The average Bonchev–Trinajstić information content (AvgIpc) is 2.42. The number of rotatable bonds is 4. The van der Waals surface area contributed by atoms with Gasteiger partial charge in [0, 0.05) is 10.0 Å². The number of hydrogen-bond donors (Lipinski definition) is 0. The fraction of sp³-hybridized carbons (Fsp3) is 0.0769. The van der Waals surface area contributed by atoms with E-state index in [0.717, 1.165) is 0 Å². The van der Waals surface area contributed by atoms with E-state index in [2.05, 4.69) is 0 Å². The third-order valence-corrected chi connectivity index (χ3v) is 4.51. The van der Waals surface area contributed by atoms with Crippen LogP contribution in [0, 0.1) is 0 Å². The van der Waals surface area contributed by atoms with Gasteiger partial charge in [-0.25, -0.2) is 0 Å². The maximum absolute atomic E-state index is 12.3. The molecule has 0 aliphatic carbocycles. The van der Waals surface area contributed by atoms with Crippen LogP contribution >= 0.6 is 34.8 Å². The molecule has 0 bridgehead atoms. The van der Waals surface area contributed by atoms with E-state index in [9.17, 15) is 8.42 Å². The largest absolute Gasteiger partial charge is 0.495 e. The van der Waals surface area contributed by atoms with Gasteiger partial charge in [-0.1, -0.05) is 34.8 Å². The molecule has 0 spiro atoms. The van der Waals surface area contributed by atoms with Crippen molar-refractivity contribution >= 4 is 44.9 Å². The second kappa shape index (κ2) is 6.32. The van der Waals surface area contributed by atoms with E-state index >= 15 is 0 Å². The highest BCUT2D eigenvalue weighted by molar-refractivity contribution is 7.87. The van der Waals surface area contributed by atoms with Crippen molar-refractivity contribution in [3.8, 4) is 11.5 Å². The van der Waals surface area contributed by atoms with Crippen LogP contribution in [0.5, 0.6) is 11.5 Å². The lowest BCUT2D eigenvalue weighted by Crippen LogP contribution is -2.11. The minimum Gasteiger partial charge on any atom is -0.495 e. The van der Waals surface area contributed by atoms with Gasteiger partial charge in [0.25, 0.3) is 0 Å². The van der Waals surface area contributed by atoms with Crippen molar-refractivity contribution in [3.63, 3.8) is 0 Å². The van der Waals surface area contributed by atoms with Crippen molar-refractivity contribution in [1.82, 2.24) is 0 Å². The Kier molecular flexibility index (Phi) is 4.88. The lowest BCUT2D eigenvalue weighted by atomic mass is 10.3. The zero-order valence-electron chi connectivity index (χ0n) is 10.6. The van der Waals surface area contributed by atoms with Gasteiger partial charge in [-0.05, 0) is 36.4 Å². The van der Waals surface area contributed by atoms with Gasteiger partial charge in [-0.15, -0.1) is 0 Å². The normalized spacial score (nSPS) is 11.2. The zero-order chi connectivity index (χ0) is 15.6. The van der Waals surface area contributed by atoms with Crippen molar-refractivity contribution in [2.24, 2.45) is 0 Å². The first-order valence-electron chi connectivity index (χ1n) is 5.56. The predicted octanol–water partition coefficient (Wildman–Crippen LogP) is 4.42. The fourth-order valence-electron chi connectivity index (χ4n) is 1.55. The van der Waals surface area contributed by atoms with Crippen LogP contribution in [0.2, 0.25) is 15.1 Å². The van der Waals surface area contributed by atoms with E-state index < -0.39 is 10.1 Å². The van der Waals surface area contributed by atoms with Gasteiger partial charge < -0.3 is 8.92 Å². The number of halogens is 3. The van der Waals surface area contributed by atoms with E-state index in [0.29, 0.717) is 5.02 Å². The summed E-state index contributed by atoms with van der Waals surface area (Å²) in [6, 6.07) is 8.38. The Balaban J connectivity index is 2.45. The molecule has 0 aromatic heterocycles. The highest BCUT2D eigenvalue weighted by atomic mass is 35.5. The Morgan fingerprint density at radius 3 is 2.05 bits per heavy atom. The van der Waals surface area contributed by atoms with Gasteiger partial charge in [0.1, 0.15) is 10.6 Å². The summed E-state index contributed by atoms with van der Waals surface area (Å²) in [6.45, 7) is 0. The quantitative estimate of drug-likeness (QED) is 0.751. The summed E-state index contributed by atoms with van der Waals surface area (Å²) in [5.41, 5.74) is 0. The molecule has 2 aromatic rings. The van der Waals surface area contributed by atoms with Gasteiger partial charge >= 0.3 is 10.1 Å². The van der Waals surface area contributed by atoms with Crippen LogP contribution < -0.4 is 8.92 Å². The van der Waals surface area contributed by atoms with Gasteiger partial charge in [-0.3, -0.25) is 0 Å². The van der Waals surface area contributed by atoms with Crippen LogP contribution in [-0.2, 0) is 10.1 Å². The predicted molar refractivity (Wildman–Crippen MR) is 82.3 cm³/mol. The number of benzene rings is 2. The zero-order valence-corrected chi connectivity index (χ0v) is 13.7. The summed E-state index contributed by atoms with van der Waals surface area (Å²) < 4.78 is 34.7. The fourth-order valence-corrected chi connectivity index (χ4v) is 3.42.